The van der Waals surface area contributed by atoms with Crippen LogP contribution in [0.2, 0.25) is 0 Å². The van der Waals surface area contributed by atoms with Crippen molar-refractivity contribution in [1.29, 1.82) is 0 Å². The zero-order valence-electron chi connectivity index (χ0n) is 8.97. The molecule has 0 aliphatic heterocycles. The lowest BCUT2D eigenvalue weighted by Crippen LogP contribution is -2.03. The number of hydrogen-bond donors (Lipinski definition) is 1. The summed E-state index contributed by atoms with van der Waals surface area (Å²) < 4.78 is 4.61. The minimum atomic E-state index is -1.15. The molecular formula is C13H6O5. The Labute approximate surface area is 99.2 Å². The highest BCUT2D eigenvalue weighted by atomic mass is 16.4. The molecule has 0 aliphatic rings. The third-order valence-electron chi connectivity index (χ3n) is 2.90. The fourth-order valence-electron chi connectivity index (χ4n) is 2.13. The Hall–Kier alpha value is -2.69. The molecule has 2 aromatic carbocycles. The minimum Gasteiger partial charge on any atom is -0.478 e. The summed E-state index contributed by atoms with van der Waals surface area (Å²) in [6.45, 7) is 0. The number of carbonyl (C=O) groups is 1. The molecule has 1 N–H and O–H groups in total. The van der Waals surface area contributed by atoms with Crippen LogP contribution in [0.25, 0.3) is 21.5 Å². The first kappa shape index (κ1) is 10.5. The van der Waals surface area contributed by atoms with Crippen molar-refractivity contribution in [3.63, 3.8) is 0 Å². The molecular weight excluding hydrogens is 236 g/mol. The maximum Gasteiger partial charge on any atom is 0.346 e. The van der Waals surface area contributed by atoms with Gasteiger partial charge in [0.05, 0.1) is 16.3 Å². The standard InChI is InChI=1S/C13H6O5/c14-11(15)8-3-1-2-6-7-4-5-9(10(6)8)13(17)18-12(7)16/h1-5H,(H,14,15). The van der Waals surface area contributed by atoms with Crippen molar-refractivity contribution in [2.24, 2.45) is 0 Å². The number of benzene rings is 2. The lowest BCUT2D eigenvalue weighted by molar-refractivity contribution is 0.0699. The van der Waals surface area contributed by atoms with Crippen LogP contribution in [0.5, 0.6) is 0 Å². The van der Waals surface area contributed by atoms with Crippen molar-refractivity contribution >= 4 is 27.5 Å². The van der Waals surface area contributed by atoms with E-state index in [1.165, 1.54) is 24.3 Å². The van der Waals surface area contributed by atoms with Gasteiger partial charge in [-0.3, -0.25) is 0 Å². The Morgan fingerprint density at radius 2 is 1.61 bits per heavy atom. The predicted octanol–water partition coefficient (Wildman–Crippen LogP) is 1.44. The Bertz CT molecular complexity index is 891. The predicted molar refractivity (Wildman–Crippen MR) is 64.4 cm³/mol. The van der Waals surface area contributed by atoms with Gasteiger partial charge >= 0.3 is 17.2 Å². The smallest absolute Gasteiger partial charge is 0.346 e. The fourth-order valence-corrected chi connectivity index (χ4v) is 2.13. The second kappa shape index (κ2) is 3.40. The van der Waals surface area contributed by atoms with Crippen molar-refractivity contribution < 1.29 is 14.3 Å². The van der Waals surface area contributed by atoms with Gasteiger partial charge in [0.15, 0.2) is 0 Å². The summed E-state index contributed by atoms with van der Waals surface area (Å²) in [5, 5.41) is 10.1. The van der Waals surface area contributed by atoms with Crippen LogP contribution in [0.15, 0.2) is 44.3 Å². The van der Waals surface area contributed by atoms with Crippen molar-refractivity contribution in [2.75, 3.05) is 0 Å². The molecule has 88 valence electrons. The fraction of sp³-hybridized carbons (Fsp3) is 0. The van der Waals surface area contributed by atoms with Crippen LogP contribution in [-0.4, -0.2) is 11.1 Å². The zero-order valence-corrected chi connectivity index (χ0v) is 8.97. The normalized spacial score (nSPS) is 11.1. The van der Waals surface area contributed by atoms with E-state index in [2.05, 4.69) is 4.42 Å². The topological polar surface area (TPSA) is 84.6 Å². The zero-order chi connectivity index (χ0) is 12.9. The van der Waals surface area contributed by atoms with Crippen LogP contribution in [0.1, 0.15) is 10.4 Å². The van der Waals surface area contributed by atoms with E-state index in [1.54, 1.807) is 6.07 Å². The summed E-state index contributed by atoms with van der Waals surface area (Å²) >= 11 is 0. The van der Waals surface area contributed by atoms with E-state index in [0.29, 0.717) is 5.39 Å². The van der Waals surface area contributed by atoms with Crippen LogP contribution in [0.4, 0.5) is 0 Å². The van der Waals surface area contributed by atoms with Gasteiger partial charge in [0.25, 0.3) is 0 Å². The number of carboxylic acid groups (broad SMARTS) is 1. The molecule has 0 aliphatic carbocycles. The summed E-state index contributed by atoms with van der Waals surface area (Å²) in [5.74, 6) is -1.15. The third kappa shape index (κ3) is 1.24. The number of fused-ring (bicyclic) bond motifs is 3. The van der Waals surface area contributed by atoms with Crippen molar-refractivity contribution in [3.8, 4) is 0 Å². The largest absolute Gasteiger partial charge is 0.478 e. The summed E-state index contributed by atoms with van der Waals surface area (Å²) in [6, 6.07) is 7.40. The van der Waals surface area contributed by atoms with Gasteiger partial charge in [-0.25, -0.2) is 14.4 Å². The SMILES string of the molecule is O=C(O)c1cccc2c3ccc(c(=O)oc3=O)c12. The molecule has 18 heavy (non-hydrogen) atoms. The molecule has 0 atom stereocenters. The molecule has 4 aromatic rings. The molecule has 2 bridgehead atoms. The maximum absolute atomic E-state index is 11.7. The van der Waals surface area contributed by atoms with Gasteiger partial charge in [-0.2, -0.15) is 0 Å². The molecule has 0 saturated carbocycles. The second-order valence-electron chi connectivity index (χ2n) is 3.87. The van der Waals surface area contributed by atoms with E-state index in [1.807, 2.05) is 0 Å². The average Bonchev–Trinajstić information content (AvgIpc) is 2.54. The van der Waals surface area contributed by atoms with Gasteiger partial charge in [-0.1, -0.05) is 12.1 Å². The van der Waals surface area contributed by atoms with E-state index in [-0.39, 0.29) is 21.7 Å². The van der Waals surface area contributed by atoms with Crippen molar-refractivity contribution in [2.45, 2.75) is 0 Å². The highest BCUT2D eigenvalue weighted by Crippen LogP contribution is 2.25. The molecule has 5 heteroatoms. The molecule has 2 heterocycles. The van der Waals surface area contributed by atoms with E-state index in [4.69, 9.17) is 5.11 Å². The van der Waals surface area contributed by atoms with Gasteiger partial charge in [0.1, 0.15) is 0 Å². The lowest BCUT2D eigenvalue weighted by Gasteiger charge is -2.02. The monoisotopic (exact) mass is 242 g/mol. The number of aromatic carboxylic acids is 1. The molecule has 0 saturated heterocycles. The Balaban J connectivity index is 2.81. The van der Waals surface area contributed by atoms with E-state index in [0.717, 1.165) is 0 Å². The number of hydrogen-bond acceptors (Lipinski definition) is 4. The summed E-state index contributed by atoms with van der Waals surface area (Å²) in [4.78, 5) is 34.5. The summed E-state index contributed by atoms with van der Waals surface area (Å²) in [7, 11) is 0. The van der Waals surface area contributed by atoms with Crippen LogP contribution < -0.4 is 11.3 Å². The Morgan fingerprint density at radius 1 is 0.944 bits per heavy atom. The quantitative estimate of drug-likeness (QED) is 0.697. The minimum absolute atomic E-state index is 0.0176. The van der Waals surface area contributed by atoms with Crippen LogP contribution >= 0.6 is 0 Å². The highest BCUT2D eigenvalue weighted by molar-refractivity contribution is 6.15. The van der Waals surface area contributed by atoms with Crippen molar-refractivity contribution in [3.05, 3.63) is 56.7 Å². The maximum atomic E-state index is 11.7. The van der Waals surface area contributed by atoms with E-state index < -0.39 is 17.2 Å². The highest BCUT2D eigenvalue weighted by Gasteiger charge is 2.15. The van der Waals surface area contributed by atoms with Gasteiger partial charge in [0.2, 0.25) is 0 Å². The number of rotatable bonds is 1. The van der Waals surface area contributed by atoms with Crippen LogP contribution in [0.3, 0.4) is 0 Å². The molecule has 2 aromatic heterocycles. The van der Waals surface area contributed by atoms with Crippen LogP contribution in [-0.2, 0) is 0 Å². The third-order valence-corrected chi connectivity index (χ3v) is 2.90. The van der Waals surface area contributed by atoms with Gasteiger partial charge < -0.3 is 9.52 Å². The van der Waals surface area contributed by atoms with Crippen molar-refractivity contribution in [1.82, 2.24) is 0 Å². The second-order valence-corrected chi connectivity index (χ2v) is 3.87. The molecule has 0 radical (unpaired) electrons. The molecule has 0 fully saturated rings. The summed E-state index contributed by atoms with van der Waals surface area (Å²) in [5.41, 5.74) is -1.60. The van der Waals surface area contributed by atoms with Gasteiger partial charge in [0, 0.05) is 5.39 Å². The van der Waals surface area contributed by atoms with Gasteiger partial charge in [-0.15, -0.1) is 0 Å². The number of carboxylic acids is 1. The first-order valence-corrected chi connectivity index (χ1v) is 5.15. The molecule has 0 amide bonds. The van der Waals surface area contributed by atoms with E-state index >= 15 is 0 Å². The first-order chi connectivity index (χ1) is 8.59. The molecule has 4 rings (SSSR count). The van der Waals surface area contributed by atoms with E-state index in [9.17, 15) is 14.4 Å². The summed E-state index contributed by atoms with van der Waals surface area (Å²) in [6.07, 6.45) is 0. The molecule has 5 nitrogen and oxygen atoms in total. The lowest BCUT2D eigenvalue weighted by atomic mass is 10.00. The van der Waals surface area contributed by atoms with Gasteiger partial charge in [-0.05, 0) is 23.6 Å². The molecule has 0 spiro atoms. The van der Waals surface area contributed by atoms with Crippen LogP contribution in [0, 0.1) is 0 Å². The molecule has 0 unspecified atom stereocenters. The Morgan fingerprint density at radius 3 is 2.33 bits per heavy atom. The average molecular weight is 242 g/mol. The first-order valence-electron chi connectivity index (χ1n) is 5.15. The Kier molecular flexibility index (Phi) is 1.98.